The molecule has 0 heterocycles. The fraction of sp³-hybridized carbons (Fsp3) is 0.647. The second kappa shape index (κ2) is 5.96. The van der Waals surface area contributed by atoms with Gasteiger partial charge in [-0.05, 0) is 55.7 Å². The van der Waals surface area contributed by atoms with Gasteiger partial charge in [0.2, 0.25) is 0 Å². The van der Waals surface area contributed by atoms with E-state index in [-0.39, 0.29) is 6.04 Å². The summed E-state index contributed by atoms with van der Waals surface area (Å²) in [5.74, 6) is 2.32. The van der Waals surface area contributed by atoms with Gasteiger partial charge in [-0.2, -0.15) is 0 Å². The summed E-state index contributed by atoms with van der Waals surface area (Å²) in [5.41, 5.74) is 10.2. The van der Waals surface area contributed by atoms with E-state index in [0.29, 0.717) is 5.92 Å². The third-order valence-electron chi connectivity index (χ3n) is 4.90. The van der Waals surface area contributed by atoms with E-state index in [9.17, 15) is 0 Å². The fourth-order valence-electron chi connectivity index (χ4n) is 3.38. The predicted molar refractivity (Wildman–Crippen MR) is 80.8 cm³/mol. The smallest absolute Gasteiger partial charge is 0.125 e. The highest BCUT2D eigenvalue weighted by Gasteiger charge is 2.30. The van der Waals surface area contributed by atoms with Gasteiger partial charge in [-0.25, -0.2) is 0 Å². The van der Waals surface area contributed by atoms with E-state index < -0.39 is 0 Å². The minimum absolute atomic E-state index is 0.277. The van der Waals surface area contributed by atoms with E-state index in [1.807, 2.05) is 0 Å². The SMILES string of the molecule is CCC1CCC(N)C(c2ccc(C)c(C)c2OC)C1. The molecule has 0 aliphatic heterocycles. The Kier molecular flexibility index (Phi) is 4.51. The lowest BCUT2D eigenvalue weighted by Crippen LogP contribution is -2.34. The highest BCUT2D eigenvalue weighted by atomic mass is 16.5. The molecule has 2 nitrogen and oxygen atoms in total. The Morgan fingerprint density at radius 3 is 2.63 bits per heavy atom. The summed E-state index contributed by atoms with van der Waals surface area (Å²) in [7, 11) is 1.77. The van der Waals surface area contributed by atoms with Gasteiger partial charge in [0, 0.05) is 12.0 Å². The zero-order valence-electron chi connectivity index (χ0n) is 12.7. The van der Waals surface area contributed by atoms with Crippen molar-refractivity contribution in [3.8, 4) is 5.75 Å². The molecule has 106 valence electrons. The second-order valence-corrected chi connectivity index (χ2v) is 5.99. The third-order valence-corrected chi connectivity index (χ3v) is 4.90. The molecule has 2 N–H and O–H groups in total. The summed E-state index contributed by atoms with van der Waals surface area (Å²) in [4.78, 5) is 0. The van der Waals surface area contributed by atoms with Crippen molar-refractivity contribution < 1.29 is 4.74 Å². The number of hydrogen-bond donors (Lipinski definition) is 1. The van der Waals surface area contributed by atoms with Crippen LogP contribution < -0.4 is 10.5 Å². The summed E-state index contributed by atoms with van der Waals surface area (Å²) in [5, 5.41) is 0. The van der Waals surface area contributed by atoms with Crippen LogP contribution in [0.25, 0.3) is 0 Å². The first-order valence-electron chi connectivity index (χ1n) is 7.48. The summed E-state index contributed by atoms with van der Waals surface area (Å²) >= 11 is 0. The zero-order valence-corrected chi connectivity index (χ0v) is 12.7. The average molecular weight is 261 g/mol. The maximum atomic E-state index is 6.38. The number of methoxy groups -OCH3 is 1. The monoisotopic (exact) mass is 261 g/mol. The van der Waals surface area contributed by atoms with E-state index >= 15 is 0 Å². The minimum atomic E-state index is 0.277. The van der Waals surface area contributed by atoms with E-state index in [2.05, 4.69) is 32.9 Å². The van der Waals surface area contributed by atoms with Crippen molar-refractivity contribution in [2.45, 2.75) is 58.4 Å². The van der Waals surface area contributed by atoms with Crippen molar-refractivity contribution in [2.24, 2.45) is 11.7 Å². The van der Waals surface area contributed by atoms with Crippen LogP contribution in [0.3, 0.4) is 0 Å². The van der Waals surface area contributed by atoms with Crippen LogP contribution >= 0.6 is 0 Å². The maximum absolute atomic E-state index is 6.38. The van der Waals surface area contributed by atoms with Gasteiger partial charge in [0.25, 0.3) is 0 Å². The first kappa shape index (κ1) is 14.4. The van der Waals surface area contributed by atoms with Crippen LogP contribution in [0, 0.1) is 19.8 Å². The number of aryl methyl sites for hydroxylation is 1. The number of benzene rings is 1. The Morgan fingerprint density at radius 2 is 2.00 bits per heavy atom. The molecule has 2 heteroatoms. The molecule has 0 bridgehead atoms. The third kappa shape index (κ3) is 2.79. The van der Waals surface area contributed by atoms with Gasteiger partial charge in [-0.15, -0.1) is 0 Å². The summed E-state index contributed by atoms with van der Waals surface area (Å²) in [6.45, 7) is 6.57. The largest absolute Gasteiger partial charge is 0.496 e. The molecule has 3 atom stereocenters. The molecular formula is C17H27NO. The first-order valence-corrected chi connectivity index (χ1v) is 7.48. The van der Waals surface area contributed by atoms with Crippen LogP contribution in [-0.4, -0.2) is 13.2 Å². The lowest BCUT2D eigenvalue weighted by atomic mass is 9.73. The first-order chi connectivity index (χ1) is 9.08. The maximum Gasteiger partial charge on any atom is 0.125 e. The van der Waals surface area contributed by atoms with Crippen LogP contribution in [0.1, 0.15) is 55.2 Å². The molecule has 1 saturated carbocycles. The van der Waals surface area contributed by atoms with Crippen molar-refractivity contribution in [3.63, 3.8) is 0 Å². The van der Waals surface area contributed by atoms with Crippen molar-refractivity contribution in [1.29, 1.82) is 0 Å². The van der Waals surface area contributed by atoms with Crippen LogP contribution in [0.5, 0.6) is 5.75 Å². The molecule has 0 aromatic heterocycles. The second-order valence-electron chi connectivity index (χ2n) is 5.99. The normalized spacial score (nSPS) is 27.3. The van der Waals surface area contributed by atoms with Gasteiger partial charge < -0.3 is 10.5 Å². The van der Waals surface area contributed by atoms with E-state index in [1.54, 1.807) is 7.11 Å². The van der Waals surface area contributed by atoms with Gasteiger partial charge in [-0.1, -0.05) is 25.5 Å². The van der Waals surface area contributed by atoms with Crippen LogP contribution in [0.15, 0.2) is 12.1 Å². The van der Waals surface area contributed by atoms with Crippen molar-refractivity contribution in [1.82, 2.24) is 0 Å². The quantitative estimate of drug-likeness (QED) is 0.894. The summed E-state index contributed by atoms with van der Waals surface area (Å²) in [6.07, 6.45) is 4.88. The Morgan fingerprint density at radius 1 is 1.26 bits per heavy atom. The van der Waals surface area contributed by atoms with Crippen molar-refractivity contribution in [3.05, 3.63) is 28.8 Å². The standard InChI is InChI=1S/C17H27NO/c1-5-13-7-9-16(18)15(10-13)14-8-6-11(2)12(3)17(14)19-4/h6,8,13,15-16H,5,7,9-10,18H2,1-4H3. The molecule has 1 aromatic rings. The van der Waals surface area contributed by atoms with Gasteiger partial charge in [-0.3, -0.25) is 0 Å². The number of rotatable bonds is 3. The van der Waals surface area contributed by atoms with Gasteiger partial charge in [0.05, 0.1) is 7.11 Å². The summed E-state index contributed by atoms with van der Waals surface area (Å²) < 4.78 is 5.67. The van der Waals surface area contributed by atoms with Gasteiger partial charge in [0.15, 0.2) is 0 Å². The molecule has 0 amide bonds. The van der Waals surface area contributed by atoms with Crippen molar-refractivity contribution in [2.75, 3.05) is 7.11 Å². The van der Waals surface area contributed by atoms with E-state index in [1.165, 1.54) is 36.0 Å². The van der Waals surface area contributed by atoms with Crippen LogP contribution in [0.2, 0.25) is 0 Å². The minimum Gasteiger partial charge on any atom is -0.496 e. The number of nitrogens with two attached hydrogens (primary N) is 1. The molecule has 0 radical (unpaired) electrons. The molecule has 19 heavy (non-hydrogen) atoms. The fourth-order valence-corrected chi connectivity index (χ4v) is 3.38. The molecule has 1 fully saturated rings. The Hall–Kier alpha value is -1.02. The van der Waals surface area contributed by atoms with E-state index in [4.69, 9.17) is 10.5 Å². The molecular weight excluding hydrogens is 234 g/mol. The van der Waals surface area contributed by atoms with Crippen LogP contribution in [0.4, 0.5) is 0 Å². The number of ether oxygens (including phenoxy) is 1. The molecule has 1 aromatic carbocycles. The van der Waals surface area contributed by atoms with Gasteiger partial charge in [0.1, 0.15) is 5.75 Å². The number of hydrogen-bond acceptors (Lipinski definition) is 2. The molecule has 0 spiro atoms. The highest BCUT2D eigenvalue weighted by molar-refractivity contribution is 5.47. The molecule has 1 aliphatic carbocycles. The summed E-state index contributed by atoms with van der Waals surface area (Å²) in [6, 6.07) is 4.71. The topological polar surface area (TPSA) is 35.2 Å². The van der Waals surface area contributed by atoms with E-state index in [0.717, 1.165) is 18.1 Å². The Labute approximate surface area is 117 Å². The predicted octanol–water partition coefficient (Wildman–Crippen LogP) is 3.93. The Bertz CT molecular complexity index is 441. The van der Waals surface area contributed by atoms with Crippen LogP contribution in [-0.2, 0) is 0 Å². The van der Waals surface area contributed by atoms with Gasteiger partial charge >= 0.3 is 0 Å². The Balaban J connectivity index is 2.37. The lowest BCUT2D eigenvalue weighted by Gasteiger charge is -2.35. The molecule has 2 rings (SSSR count). The molecule has 3 unspecified atom stereocenters. The molecule has 0 saturated heterocycles. The van der Waals surface area contributed by atoms with Crippen molar-refractivity contribution >= 4 is 0 Å². The lowest BCUT2D eigenvalue weighted by molar-refractivity contribution is 0.276. The zero-order chi connectivity index (χ0) is 14.0. The average Bonchev–Trinajstić information content (AvgIpc) is 2.42. The highest BCUT2D eigenvalue weighted by Crippen LogP contribution is 2.41. The molecule has 1 aliphatic rings.